The average molecular weight is 420 g/mol. The number of carbonyl (C=O) groups is 4. The first-order chi connectivity index (χ1) is 14.8. The summed E-state index contributed by atoms with van der Waals surface area (Å²) < 4.78 is 0. The van der Waals surface area contributed by atoms with Crippen molar-refractivity contribution in [1.82, 2.24) is 10.2 Å². The number of aliphatic carboxylic acids is 1. The first-order valence-corrected chi connectivity index (χ1v) is 10.4. The molecule has 0 radical (unpaired) electrons. The van der Waals surface area contributed by atoms with Crippen molar-refractivity contribution in [3.63, 3.8) is 0 Å². The van der Waals surface area contributed by atoms with Gasteiger partial charge in [-0.25, -0.2) is 4.79 Å². The lowest BCUT2D eigenvalue weighted by molar-refractivity contribution is -0.149. The Hall–Kier alpha value is -3.48. The van der Waals surface area contributed by atoms with E-state index in [0.29, 0.717) is 47.2 Å². The van der Waals surface area contributed by atoms with Gasteiger partial charge in [-0.2, -0.15) is 0 Å². The van der Waals surface area contributed by atoms with E-state index in [-0.39, 0.29) is 11.7 Å². The summed E-state index contributed by atoms with van der Waals surface area (Å²) in [6.45, 7) is 3.98. The molecule has 7 nitrogen and oxygen atoms in total. The Kier molecular flexibility index (Phi) is 5.35. The van der Waals surface area contributed by atoms with Crippen LogP contribution in [0.15, 0.2) is 42.5 Å². The molecule has 2 aliphatic rings. The molecule has 31 heavy (non-hydrogen) atoms. The summed E-state index contributed by atoms with van der Waals surface area (Å²) in [5, 5.41) is 12.2. The minimum atomic E-state index is -1.03. The Labute approximate surface area is 180 Å². The van der Waals surface area contributed by atoms with E-state index in [9.17, 15) is 24.3 Å². The van der Waals surface area contributed by atoms with Crippen molar-refractivity contribution >= 4 is 23.6 Å². The first kappa shape index (κ1) is 20.8. The van der Waals surface area contributed by atoms with E-state index in [1.807, 2.05) is 26.0 Å². The largest absolute Gasteiger partial charge is 0.480 e. The zero-order valence-electron chi connectivity index (χ0n) is 17.4. The highest BCUT2D eigenvalue weighted by Crippen LogP contribution is 2.38. The Morgan fingerprint density at radius 1 is 1.03 bits per heavy atom. The van der Waals surface area contributed by atoms with Crippen LogP contribution in [0.2, 0.25) is 0 Å². The molecule has 2 aromatic carbocycles. The summed E-state index contributed by atoms with van der Waals surface area (Å²) >= 11 is 0. The van der Waals surface area contributed by atoms with Gasteiger partial charge >= 0.3 is 5.97 Å². The third-order valence-electron chi connectivity index (χ3n) is 6.03. The zero-order chi connectivity index (χ0) is 22.3. The standard InChI is InChI=1S/C24H24N2O5/c1-13(2)20(23(29)26-12-6-11-18(26)24(30)31)25-22(28)17-10-5-9-16-19(17)14-7-3-4-8-15(14)21(16)27/h3-5,7-10,13,18,20H,6,11-12H2,1-2H3,(H,25,28)(H,30,31). The predicted molar refractivity (Wildman–Crippen MR) is 114 cm³/mol. The second-order valence-corrected chi connectivity index (χ2v) is 8.33. The van der Waals surface area contributed by atoms with Gasteiger partial charge < -0.3 is 15.3 Å². The van der Waals surface area contributed by atoms with E-state index in [4.69, 9.17) is 0 Å². The Balaban J connectivity index is 1.65. The molecule has 1 aliphatic heterocycles. The number of hydrogen-bond donors (Lipinski definition) is 2. The average Bonchev–Trinajstić information content (AvgIpc) is 3.35. The van der Waals surface area contributed by atoms with Gasteiger partial charge in [0.05, 0.1) is 0 Å². The van der Waals surface area contributed by atoms with Crippen LogP contribution in [0.3, 0.4) is 0 Å². The molecule has 2 N–H and O–H groups in total. The molecule has 2 atom stereocenters. The third-order valence-corrected chi connectivity index (χ3v) is 6.03. The van der Waals surface area contributed by atoms with Gasteiger partial charge in [0, 0.05) is 28.8 Å². The molecule has 2 aromatic rings. The highest BCUT2D eigenvalue weighted by Gasteiger charge is 2.39. The van der Waals surface area contributed by atoms with Gasteiger partial charge in [0.25, 0.3) is 5.91 Å². The maximum Gasteiger partial charge on any atom is 0.326 e. The third kappa shape index (κ3) is 3.50. The van der Waals surface area contributed by atoms with E-state index in [1.165, 1.54) is 4.90 Å². The number of carbonyl (C=O) groups excluding carboxylic acids is 3. The topological polar surface area (TPSA) is 104 Å². The van der Waals surface area contributed by atoms with Gasteiger partial charge in [0.2, 0.25) is 5.91 Å². The van der Waals surface area contributed by atoms with Gasteiger partial charge in [-0.1, -0.05) is 50.2 Å². The molecule has 2 unspecified atom stereocenters. The number of benzene rings is 2. The first-order valence-electron chi connectivity index (χ1n) is 10.4. The quantitative estimate of drug-likeness (QED) is 0.661. The molecular weight excluding hydrogens is 396 g/mol. The van der Waals surface area contributed by atoms with Crippen molar-refractivity contribution in [3.05, 3.63) is 59.2 Å². The number of carboxylic acid groups (broad SMARTS) is 1. The fourth-order valence-electron chi connectivity index (χ4n) is 4.46. The molecule has 160 valence electrons. The molecule has 0 bridgehead atoms. The molecule has 1 aliphatic carbocycles. The van der Waals surface area contributed by atoms with Crippen molar-refractivity contribution in [3.8, 4) is 11.1 Å². The fraction of sp³-hybridized carbons (Fsp3) is 0.333. The van der Waals surface area contributed by atoms with Crippen molar-refractivity contribution in [1.29, 1.82) is 0 Å². The molecule has 0 saturated carbocycles. The number of nitrogens with zero attached hydrogens (tertiary/aromatic N) is 1. The number of ketones is 1. The summed E-state index contributed by atoms with van der Waals surface area (Å²) in [5.41, 5.74) is 2.61. The highest BCUT2D eigenvalue weighted by molar-refractivity contribution is 6.24. The maximum absolute atomic E-state index is 13.3. The number of amides is 2. The van der Waals surface area contributed by atoms with Crippen LogP contribution in [-0.4, -0.2) is 52.2 Å². The maximum atomic E-state index is 13.3. The number of fused-ring (bicyclic) bond motifs is 3. The zero-order valence-corrected chi connectivity index (χ0v) is 17.4. The lowest BCUT2D eigenvalue weighted by Gasteiger charge is -2.29. The number of rotatable bonds is 5. The van der Waals surface area contributed by atoms with Crippen LogP contribution in [-0.2, 0) is 9.59 Å². The van der Waals surface area contributed by atoms with E-state index < -0.39 is 29.9 Å². The minimum absolute atomic E-state index is 0.127. The highest BCUT2D eigenvalue weighted by atomic mass is 16.4. The Morgan fingerprint density at radius 2 is 1.71 bits per heavy atom. The van der Waals surface area contributed by atoms with E-state index in [0.717, 1.165) is 0 Å². The summed E-state index contributed by atoms with van der Waals surface area (Å²) in [7, 11) is 0. The summed E-state index contributed by atoms with van der Waals surface area (Å²) in [5.74, 6) is -2.25. The summed E-state index contributed by atoms with van der Waals surface area (Å²) in [4.78, 5) is 52.0. The van der Waals surface area contributed by atoms with Crippen LogP contribution >= 0.6 is 0 Å². The molecule has 0 spiro atoms. The van der Waals surface area contributed by atoms with Crippen LogP contribution in [0.4, 0.5) is 0 Å². The Morgan fingerprint density at radius 3 is 2.39 bits per heavy atom. The monoisotopic (exact) mass is 420 g/mol. The van der Waals surface area contributed by atoms with Gasteiger partial charge in [0.15, 0.2) is 5.78 Å². The molecule has 1 heterocycles. The summed E-state index contributed by atoms with van der Waals surface area (Å²) in [6.07, 6.45) is 1.03. The van der Waals surface area contributed by atoms with Gasteiger partial charge in [-0.15, -0.1) is 0 Å². The lowest BCUT2D eigenvalue weighted by atomic mass is 9.97. The Bertz CT molecular complexity index is 1090. The van der Waals surface area contributed by atoms with Gasteiger partial charge in [-0.3, -0.25) is 14.4 Å². The van der Waals surface area contributed by atoms with Crippen LogP contribution in [0.25, 0.3) is 11.1 Å². The number of likely N-dealkylation sites (tertiary alicyclic amines) is 1. The molecule has 4 rings (SSSR count). The second kappa shape index (κ2) is 7.98. The SMILES string of the molecule is CC(C)C(NC(=O)c1cccc2c1-c1ccccc1C2=O)C(=O)N1CCCC1C(=O)O. The van der Waals surface area contributed by atoms with Crippen LogP contribution in [0, 0.1) is 5.92 Å². The molecular formula is C24H24N2O5. The molecule has 7 heteroatoms. The van der Waals surface area contributed by atoms with Crippen LogP contribution in [0.1, 0.15) is 53.0 Å². The normalized spacial score (nSPS) is 18.0. The molecule has 2 amide bonds. The molecule has 0 aromatic heterocycles. The minimum Gasteiger partial charge on any atom is -0.480 e. The molecule has 1 fully saturated rings. The predicted octanol–water partition coefficient (Wildman–Crippen LogP) is 2.73. The lowest BCUT2D eigenvalue weighted by Crippen LogP contribution is -2.53. The van der Waals surface area contributed by atoms with Crippen molar-refractivity contribution < 1.29 is 24.3 Å². The van der Waals surface area contributed by atoms with E-state index in [1.54, 1.807) is 30.3 Å². The fourth-order valence-corrected chi connectivity index (χ4v) is 4.46. The van der Waals surface area contributed by atoms with E-state index in [2.05, 4.69) is 5.32 Å². The van der Waals surface area contributed by atoms with Crippen LogP contribution < -0.4 is 5.32 Å². The van der Waals surface area contributed by atoms with Crippen LogP contribution in [0.5, 0.6) is 0 Å². The second-order valence-electron chi connectivity index (χ2n) is 8.33. The van der Waals surface area contributed by atoms with Crippen molar-refractivity contribution in [2.45, 2.75) is 38.8 Å². The number of carboxylic acids is 1. The van der Waals surface area contributed by atoms with Crippen molar-refractivity contribution in [2.24, 2.45) is 5.92 Å². The van der Waals surface area contributed by atoms with Gasteiger partial charge in [-0.05, 0) is 30.4 Å². The number of nitrogens with one attached hydrogen (secondary N) is 1. The number of hydrogen-bond acceptors (Lipinski definition) is 4. The smallest absolute Gasteiger partial charge is 0.326 e. The summed E-state index contributed by atoms with van der Waals surface area (Å²) in [6, 6.07) is 10.4. The van der Waals surface area contributed by atoms with Gasteiger partial charge in [0.1, 0.15) is 12.1 Å². The molecule has 1 saturated heterocycles. The van der Waals surface area contributed by atoms with E-state index >= 15 is 0 Å². The van der Waals surface area contributed by atoms with Crippen molar-refractivity contribution in [2.75, 3.05) is 6.54 Å².